The van der Waals surface area contributed by atoms with Crippen molar-refractivity contribution in [3.63, 3.8) is 0 Å². The van der Waals surface area contributed by atoms with Crippen molar-refractivity contribution in [1.82, 2.24) is 19.7 Å². The van der Waals surface area contributed by atoms with Crippen LogP contribution in [0.1, 0.15) is 22.5 Å². The number of hydrogen-bond donors (Lipinski definition) is 0. The Kier molecular flexibility index (Phi) is 7.82. The van der Waals surface area contributed by atoms with Crippen LogP contribution >= 0.6 is 11.8 Å². The standard InChI is InChI=1S/C27H27FN4O2S/c1-19-13-14-21(20(2)15-19)16-31(3)26(33)18-35-27-30-29-25(32(27)22-9-5-4-6-10-22)17-34-24-12-8-7-11-23(24)28/h4-15H,16-18H2,1-3H3. The third-order valence-electron chi connectivity index (χ3n) is 5.56. The van der Waals surface area contributed by atoms with Gasteiger partial charge in [0, 0.05) is 19.3 Å². The fourth-order valence-electron chi connectivity index (χ4n) is 3.63. The van der Waals surface area contributed by atoms with Gasteiger partial charge in [0.1, 0.15) is 6.61 Å². The second-order valence-electron chi connectivity index (χ2n) is 8.26. The highest BCUT2D eigenvalue weighted by molar-refractivity contribution is 7.99. The van der Waals surface area contributed by atoms with E-state index in [1.165, 1.54) is 29.0 Å². The first-order valence-corrected chi connectivity index (χ1v) is 12.2. The number of aryl methyl sites for hydroxylation is 2. The molecule has 1 heterocycles. The molecule has 0 aliphatic rings. The smallest absolute Gasteiger partial charge is 0.233 e. The lowest BCUT2D eigenvalue weighted by atomic mass is 10.1. The van der Waals surface area contributed by atoms with Gasteiger partial charge < -0.3 is 9.64 Å². The summed E-state index contributed by atoms with van der Waals surface area (Å²) in [5, 5.41) is 9.13. The lowest BCUT2D eigenvalue weighted by Crippen LogP contribution is -2.28. The van der Waals surface area contributed by atoms with Crippen molar-refractivity contribution in [2.24, 2.45) is 0 Å². The molecule has 0 fully saturated rings. The Morgan fingerprint density at radius 1 is 1.03 bits per heavy atom. The van der Waals surface area contributed by atoms with Crippen molar-refractivity contribution in [2.45, 2.75) is 32.2 Å². The van der Waals surface area contributed by atoms with Crippen molar-refractivity contribution >= 4 is 17.7 Å². The highest BCUT2D eigenvalue weighted by Gasteiger charge is 2.18. The summed E-state index contributed by atoms with van der Waals surface area (Å²) in [6, 6.07) is 22.1. The summed E-state index contributed by atoms with van der Waals surface area (Å²) in [5.74, 6) is 0.415. The predicted molar refractivity (Wildman–Crippen MR) is 135 cm³/mol. The lowest BCUT2D eigenvalue weighted by molar-refractivity contribution is -0.127. The highest BCUT2D eigenvalue weighted by Crippen LogP contribution is 2.24. The molecule has 6 nitrogen and oxygen atoms in total. The number of nitrogens with zero attached hydrogens (tertiary/aromatic N) is 4. The zero-order chi connectivity index (χ0) is 24.8. The quantitative estimate of drug-likeness (QED) is 0.296. The second kappa shape index (κ2) is 11.2. The molecule has 35 heavy (non-hydrogen) atoms. The fraction of sp³-hybridized carbons (Fsp3) is 0.222. The van der Waals surface area contributed by atoms with E-state index in [0.29, 0.717) is 17.5 Å². The van der Waals surface area contributed by atoms with Crippen LogP contribution in [0.2, 0.25) is 0 Å². The van der Waals surface area contributed by atoms with E-state index >= 15 is 0 Å². The zero-order valence-corrected chi connectivity index (χ0v) is 20.8. The number of ether oxygens (including phenoxy) is 1. The molecule has 0 atom stereocenters. The molecule has 4 aromatic rings. The van der Waals surface area contributed by atoms with E-state index in [0.717, 1.165) is 11.3 Å². The van der Waals surface area contributed by atoms with E-state index in [-0.39, 0.29) is 24.0 Å². The molecule has 180 valence electrons. The summed E-state index contributed by atoms with van der Waals surface area (Å²) < 4.78 is 21.5. The largest absolute Gasteiger partial charge is 0.483 e. The topological polar surface area (TPSA) is 60.3 Å². The Bertz CT molecular complexity index is 1310. The molecule has 1 aromatic heterocycles. The van der Waals surface area contributed by atoms with Crippen LogP contribution < -0.4 is 4.74 Å². The van der Waals surface area contributed by atoms with E-state index in [2.05, 4.69) is 42.2 Å². The summed E-state index contributed by atoms with van der Waals surface area (Å²) in [4.78, 5) is 14.6. The first kappa shape index (κ1) is 24.5. The van der Waals surface area contributed by atoms with Crippen molar-refractivity contribution in [1.29, 1.82) is 0 Å². The van der Waals surface area contributed by atoms with Crippen molar-refractivity contribution in [2.75, 3.05) is 12.8 Å². The van der Waals surface area contributed by atoms with Gasteiger partial charge in [0.2, 0.25) is 5.91 Å². The van der Waals surface area contributed by atoms with E-state index in [9.17, 15) is 9.18 Å². The monoisotopic (exact) mass is 490 g/mol. The molecule has 0 N–H and O–H groups in total. The molecule has 3 aromatic carbocycles. The molecule has 0 aliphatic heterocycles. The number of aromatic nitrogens is 3. The van der Waals surface area contributed by atoms with Crippen molar-refractivity contribution in [3.8, 4) is 11.4 Å². The number of carbonyl (C=O) groups is 1. The van der Waals surface area contributed by atoms with Crippen LogP contribution in [0.25, 0.3) is 5.69 Å². The number of carbonyl (C=O) groups excluding carboxylic acids is 1. The molecule has 4 rings (SSSR count). The molecule has 0 spiro atoms. The van der Waals surface area contributed by atoms with Gasteiger partial charge in [0.15, 0.2) is 22.5 Å². The summed E-state index contributed by atoms with van der Waals surface area (Å²) in [7, 11) is 1.80. The van der Waals surface area contributed by atoms with E-state index in [4.69, 9.17) is 4.74 Å². The molecule has 8 heteroatoms. The molecular formula is C27H27FN4O2S. The summed E-state index contributed by atoms with van der Waals surface area (Å²) >= 11 is 1.31. The van der Waals surface area contributed by atoms with Gasteiger partial charge in [-0.1, -0.05) is 65.9 Å². The Morgan fingerprint density at radius 2 is 1.77 bits per heavy atom. The molecule has 0 aliphatic carbocycles. The van der Waals surface area contributed by atoms with Crippen LogP contribution in [0.3, 0.4) is 0 Å². The van der Waals surface area contributed by atoms with Gasteiger partial charge in [0.05, 0.1) is 5.75 Å². The van der Waals surface area contributed by atoms with Crippen molar-refractivity contribution in [3.05, 3.63) is 101 Å². The highest BCUT2D eigenvalue weighted by atomic mass is 32.2. The number of benzene rings is 3. The first-order chi connectivity index (χ1) is 16.9. The minimum absolute atomic E-state index is 0.0123. The van der Waals surface area contributed by atoms with Crippen LogP contribution in [0, 0.1) is 19.7 Å². The van der Waals surface area contributed by atoms with Gasteiger partial charge in [-0.2, -0.15) is 0 Å². The average Bonchev–Trinajstić information content (AvgIpc) is 3.27. The Labute approximate surface area is 208 Å². The summed E-state index contributed by atoms with van der Waals surface area (Å²) in [6.07, 6.45) is 0. The molecule has 0 bridgehead atoms. The minimum atomic E-state index is -0.440. The summed E-state index contributed by atoms with van der Waals surface area (Å²) in [6.45, 7) is 4.69. The van der Waals surface area contributed by atoms with Gasteiger partial charge >= 0.3 is 0 Å². The van der Waals surface area contributed by atoms with Gasteiger partial charge in [-0.25, -0.2) is 4.39 Å². The Hall–Kier alpha value is -3.65. The number of thioether (sulfide) groups is 1. The number of para-hydroxylation sites is 2. The molecule has 0 saturated heterocycles. The third kappa shape index (κ3) is 6.08. The number of rotatable bonds is 9. The molecular weight excluding hydrogens is 463 g/mol. The Morgan fingerprint density at radius 3 is 2.51 bits per heavy atom. The third-order valence-corrected chi connectivity index (χ3v) is 6.48. The minimum Gasteiger partial charge on any atom is -0.483 e. The maximum absolute atomic E-state index is 14.0. The lowest BCUT2D eigenvalue weighted by Gasteiger charge is -2.19. The molecule has 0 radical (unpaired) electrons. The van der Waals surface area contributed by atoms with Gasteiger partial charge in [-0.15, -0.1) is 10.2 Å². The second-order valence-corrected chi connectivity index (χ2v) is 9.20. The average molecular weight is 491 g/mol. The normalized spacial score (nSPS) is 10.9. The van der Waals surface area contributed by atoms with Gasteiger partial charge in [0.25, 0.3) is 0 Å². The maximum atomic E-state index is 14.0. The van der Waals surface area contributed by atoms with Gasteiger partial charge in [-0.05, 0) is 49.2 Å². The van der Waals surface area contributed by atoms with E-state index in [1.807, 2.05) is 34.9 Å². The Balaban J connectivity index is 1.48. The number of hydrogen-bond acceptors (Lipinski definition) is 5. The first-order valence-electron chi connectivity index (χ1n) is 11.2. The van der Waals surface area contributed by atoms with Gasteiger partial charge in [-0.3, -0.25) is 9.36 Å². The number of amides is 1. The van der Waals surface area contributed by atoms with E-state index < -0.39 is 5.82 Å². The summed E-state index contributed by atoms with van der Waals surface area (Å²) in [5.41, 5.74) is 4.33. The van der Waals surface area contributed by atoms with Crippen LogP contribution in [0.15, 0.2) is 78.0 Å². The van der Waals surface area contributed by atoms with Crippen LogP contribution in [-0.4, -0.2) is 38.4 Å². The predicted octanol–water partition coefficient (Wildman–Crippen LogP) is 5.35. The molecule has 0 unspecified atom stereocenters. The molecule has 0 saturated carbocycles. The number of halogens is 1. The van der Waals surface area contributed by atoms with Crippen LogP contribution in [-0.2, 0) is 17.9 Å². The van der Waals surface area contributed by atoms with E-state index in [1.54, 1.807) is 30.1 Å². The zero-order valence-electron chi connectivity index (χ0n) is 19.9. The van der Waals surface area contributed by atoms with Crippen LogP contribution in [0.4, 0.5) is 4.39 Å². The molecule has 1 amide bonds. The van der Waals surface area contributed by atoms with Crippen molar-refractivity contribution < 1.29 is 13.9 Å². The SMILES string of the molecule is Cc1ccc(CN(C)C(=O)CSc2nnc(COc3ccccc3F)n2-c2ccccc2)c(C)c1. The fourth-order valence-corrected chi connectivity index (χ4v) is 4.54. The van der Waals surface area contributed by atoms with Crippen LogP contribution in [0.5, 0.6) is 5.75 Å². The maximum Gasteiger partial charge on any atom is 0.233 e.